The van der Waals surface area contributed by atoms with E-state index in [0.717, 1.165) is 17.2 Å². The summed E-state index contributed by atoms with van der Waals surface area (Å²) >= 11 is 0. The monoisotopic (exact) mass is 883 g/mol. The van der Waals surface area contributed by atoms with Gasteiger partial charge in [-0.05, 0) is 56.6 Å². The van der Waals surface area contributed by atoms with Crippen molar-refractivity contribution in [1.82, 2.24) is 15.7 Å². The number of nitrogens with zero attached hydrogens (tertiary/aromatic N) is 1. The number of methoxy groups -OCH3 is 1. The van der Waals surface area contributed by atoms with Crippen LogP contribution >= 0.6 is 0 Å². The number of aliphatic hydroxyl groups excluding tert-OH is 5. The normalized spacial score (nSPS) is 29.2. The second-order valence-corrected chi connectivity index (χ2v) is 15.8. The predicted octanol–water partition coefficient (Wildman–Crippen LogP) is -0.676. The van der Waals surface area contributed by atoms with Crippen molar-refractivity contribution in [2.45, 2.75) is 94.3 Å². The SMILES string of the molecule is CN[C@@H]1[C@H](O[C@@H]2OC[C@@H](O)[C@H](O)[C@H]2O)[C@@H](O)[C@H](O[C@H]2c3cc(C)c(C(=O)N[C@H](C)C(=O)N(C)OC)c(O)c3-c3c(cc4c(c3O)C(=O)c3cc(OC)cc(O)c3C4=O)[C@@H]2O)O[C@@H]1C. The van der Waals surface area contributed by atoms with Gasteiger partial charge in [-0.15, -0.1) is 0 Å². The number of aliphatic hydroxyl groups is 5. The fraction of sp³-hybridized carbons (Fsp3) is 0.476. The zero-order valence-electron chi connectivity index (χ0n) is 35.1. The Bertz CT molecular complexity index is 2360. The summed E-state index contributed by atoms with van der Waals surface area (Å²) < 4.78 is 29.1. The molecule has 2 fully saturated rings. The van der Waals surface area contributed by atoms with E-state index in [0.29, 0.717) is 0 Å². The zero-order chi connectivity index (χ0) is 46.1. The van der Waals surface area contributed by atoms with E-state index in [2.05, 4.69) is 10.6 Å². The summed E-state index contributed by atoms with van der Waals surface area (Å²) in [7, 11) is 5.39. The van der Waals surface area contributed by atoms with Crippen molar-refractivity contribution >= 4 is 23.4 Å². The van der Waals surface area contributed by atoms with Crippen LogP contribution in [0, 0.1) is 6.92 Å². The van der Waals surface area contributed by atoms with Gasteiger partial charge in [0.25, 0.3) is 11.8 Å². The molecule has 7 rings (SSSR count). The minimum absolute atomic E-state index is 0.0242. The quantitative estimate of drug-likeness (QED) is 0.0883. The van der Waals surface area contributed by atoms with Crippen LogP contribution in [0.2, 0.25) is 0 Å². The lowest BCUT2D eigenvalue weighted by Crippen LogP contribution is -2.65. The second-order valence-electron chi connectivity index (χ2n) is 15.8. The molecule has 0 bridgehead atoms. The fourth-order valence-corrected chi connectivity index (χ4v) is 8.66. The molecule has 0 spiro atoms. The number of fused-ring (bicyclic) bond motifs is 5. The van der Waals surface area contributed by atoms with Crippen molar-refractivity contribution in [2.75, 3.05) is 34.9 Å². The lowest BCUT2D eigenvalue weighted by molar-refractivity contribution is -0.339. The minimum Gasteiger partial charge on any atom is -0.507 e. The first-order valence-electron chi connectivity index (χ1n) is 19.8. The maximum atomic E-state index is 14.2. The molecule has 63 heavy (non-hydrogen) atoms. The highest BCUT2D eigenvalue weighted by Crippen LogP contribution is 2.57. The number of amides is 2. The molecule has 2 amide bonds. The molecule has 2 heterocycles. The van der Waals surface area contributed by atoms with Gasteiger partial charge in [0, 0.05) is 35.4 Å². The standard InChI is InChI=1S/C42H49N3O18/c1-13-8-20-26(33(52)23(13)39(56)44-14(2)40(57)45(5)59-7)25-18(11-19-27(34(25)53)30(49)17-9-16(58-6)10-21(46)24(17)29(19)48)31(50)37(20)62-42-36(55)38(28(43-4)15(3)61-42)63-41-35(54)32(51)22(47)12-60-41/h8-11,14-15,22,28,31-32,35-38,41-43,46-47,50-55H,12H2,1-7H3,(H,44,56)/t14-,15-,22-,28+,31+,32+,35-,36-,37+,38+,41+,42+/m1/s1. The number of rotatable bonds is 10. The fourth-order valence-electron chi connectivity index (χ4n) is 8.66. The Hall–Kier alpha value is -5.30. The first-order chi connectivity index (χ1) is 29.8. The van der Waals surface area contributed by atoms with Crippen molar-refractivity contribution < 1.29 is 88.6 Å². The molecular formula is C42H49N3O18. The molecule has 12 atom stereocenters. The van der Waals surface area contributed by atoms with Gasteiger partial charge in [0.2, 0.25) is 0 Å². The summed E-state index contributed by atoms with van der Waals surface area (Å²) in [5, 5.41) is 96.6. The maximum absolute atomic E-state index is 14.2. The maximum Gasteiger partial charge on any atom is 0.268 e. The van der Waals surface area contributed by atoms with Gasteiger partial charge in [0.05, 0.1) is 49.7 Å². The molecule has 3 aromatic rings. The molecule has 21 nitrogen and oxygen atoms in total. The van der Waals surface area contributed by atoms with E-state index in [1.807, 2.05) is 0 Å². The third-order valence-corrected chi connectivity index (χ3v) is 12.0. The van der Waals surface area contributed by atoms with Crippen molar-refractivity contribution in [3.8, 4) is 34.1 Å². The molecule has 2 saturated heterocycles. The number of phenols is 3. The molecule has 2 aliphatic heterocycles. The highest BCUT2D eigenvalue weighted by atomic mass is 16.7. The summed E-state index contributed by atoms with van der Waals surface area (Å²) in [4.78, 5) is 59.9. The van der Waals surface area contributed by atoms with Gasteiger partial charge in [0.15, 0.2) is 24.1 Å². The Balaban J connectivity index is 1.36. The summed E-state index contributed by atoms with van der Waals surface area (Å²) in [6, 6.07) is 2.77. The van der Waals surface area contributed by atoms with Crippen LogP contribution in [0.5, 0.6) is 23.0 Å². The summed E-state index contributed by atoms with van der Waals surface area (Å²) in [6.07, 6.45) is -15.5. The molecule has 0 unspecified atom stereocenters. The summed E-state index contributed by atoms with van der Waals surface area (Å²) in [5.41, 5.74) is -3.10. The van der Waals surface area contributed by atoms with Crippen LogP contribution in [-0.4, -0.2) is 166 Å². The van der Waals surface area contributed by atoms with Gasteiger partial charge in [-0.3, -0.25) is 24.0 Å². The predicted molar refractivity (Wildman–Crippen MR) is 213 cm³/mol. The van der Waals surface area contributed by atoms with Crippen molar-refractivity contribution in [1.29, 1.82) is 0 Å². The van der Waals surface area contributed by atoms with Gasteiger partial charge < -0.3 is 75.2 Å². The molecular weight excluding hydrogens is 834 g/mol. The molecule has 3 aromatic carbocycles. The van der Waals surface area contributed by atoms with Gasteiger partial charge in [-0.25, -0.2) is 5.06 Å². The Morgan fingerprint density at radius 3 is 2.14 bits per heavy atom. The Labute approximate surface area is 359 Å². The molecule has 10 N–H and O–H groups in total. The van der Waals surface area contributed by atoms with Crippen LogP contribution in [0.25, 0.3) is 11.1 Å². The lowest BCUT2D eigenvalue weighted by atomic mass is 9.74. The zero-order valence-corrected chi connectivity index (χ0v) is 35.1. The van der Waals surface area contributed by atoms with Gasteiger partial charge >= 0.3 is 0 Å². The van der Waals surface area contributed by atoms with Crippen LogP contribution < -0.4 is 15.4 Å². The number of ether oxygens (including phenoxy) is 5. The number of ketones is 2. The average Bonchev–Trinajstić information content (AvgIpc) is 3.24. The first-order valence-corrected chi connectivity index (χ1v) is 19.8. The molecule has 21 heteroatoms. The number of benzene rings is 3. The smallest absolute Gasteiger partial charge is 0.268 e. The number of phenolic OH excluding ortho intramolecular Hbond substituents is 3. The number of likely N-dealkylation sites (N-methyl/N-ethyl adjacent to an activating group) is 2. The Morgan fingerprint density at radius 2 is 1.49 bits per heavy atom. The van der Waals surface area contributed by atoms with Crippen molar-refractivity contribution in [3.63, 3.8) is 0 Å². The van der Waals surface area contributed by atoms with E-state index in [1.54, 1.807) is 14.0 Å². The highest BCUT2D eigenvalue weighted by Gasteiger charge is 2.51. The van der Waals surface area contributed by atoms with Crippen molar-refractivity contribution in [2.24, 2.45) is 0 Å². The number of nitrogens with one attached hydrogen (secondary N) is 2. The first kappa shape index (κ1) is 45.7. The van der Waals surface area contributed by atoms with Crippen molar-refractivity contribution in [3.05, 3.63) is 68.8 Å². The highest BCUT2D eigenvalue weighted by molar-refractivity contribution is 6.31. The van der Waals surface area contributed by atoms with Crippen LogP contribution in [0.15, 0.2) is 24.3 Å². The van der Waals surface area contributed by atoms with Crippen LogP contribution in [-0.2, 0) is 28.6 Å². The van der Waals surface area contributed by atoms with E-state index in [4.69, 9.17) is 28.5 Å². The van der Waals surface area contributed by atoms with E-state index in [1.165, 1.54) is 47.2 Å². The number of hydrogen-bond acceptors (Lipinski definition) is 19. The van der Waals surface area contributed by atoms with Crippen LogP contribution in [0.4, 0.5) is 0 Å². The summed E-state index contributed by atoms with van der Waals surface area (Å²) in [5.74, 6) is -5.69. The number of carbonyl (C=O) groups excluding carboxylic acids is 4. The van der Waals surface area contributed by atoms with Crippen LogP contribution in [0.1, 0.15) is 84.9 Å². The Kier molecular flexibility index (Phi) is 12.6. The van der Waals surface area contributed by atoms with E-state index < -0.39 is 137 Å². The molecule has 2 aliphatic carbocycles. The van der Waals surface area contributed by atoms with E-state index >= 15 is 0 Å². The molecule has 0 saturated carbocycles. The third-order valence-electron chi connectivity index (χ3n) is 12.0. The second kappa shape index (κ2) is 17.3. The van der Waals surface area contributed by atoms with Crippen LogP contribution in [0.3, 0.4) is 0 Å². The topological polar surface area (TPSA) is 313 Å². The minimum atomic E-state index is -1.88. The number of hydrogen-bond donors (Lipinski definition) is 10. The number of aromatic hydroxyl groups is 3. The van der Waals surface area contributed by atoms with Gasteiger partial charge in [-0.1, -0.05) is 6.07 Å². The average molecular weight is 884 g/mol. The molecule has 0 aromatic heterocycles. The summed E-state index contributed by atoms with van der Waals surface area (Å²) in [6.45, 7) is 4.01. The van der Waals surface area contributed by atoms with E-state index in [9.17, 15) is 60.0 Å². The lowest BCUT2D eigenvalue weighted by Gasteiger charge is -2.47. The number of aryl methyl sites for hydroxylation is 1. The molecule has 0 radical (unpaired) electrons. The Morgan fingerprint density at radius 1 is 0.841 bits per heavy atom. The molecule has 4 aliphatic rings. The number of hydroxylamine groups is 2. The number of carbonyl (C=O) groups is 4. The third kappa shape index (κ3) is 7.57. The van der Waals surface area contributed by atoms with Gasteiger partial charge in [-0.2, -0.15) is 0 Å². The largest absolute Gasteiger partial charge is 0.507 e. The van der Waals surface area contributed by atoms with Gasteiger partial charge in [0.1, 0.15) is 71.8 Å². The molecule has 340 valence electrons. The van der Waals surface area contributed by atoms with E-state index in [-0.39, 0.29) is 44.7 Å².